The van der Waals surface area contributed by atoms with Gasteiger partial charge in [-0.05, 0) is 18.2 Å². The lowest BCUT2D eigenvalue weighted by Crippen LogP contribution is -1.99. The Labute approximate surface area is 131 Å². The van der Waals surface area contributed by atoms with Crippen molar-refractivity contribution in [3.8, 4) is 11.5 Å². The highest BCUT2D eigenvalue weighted by atomic mass is 16.7. The fraction of sp³-hybridized carbons (Fsp3) is 0.0667. The molecule has 0 unspecified atom stereocenters. The fourth-order valence-electron chi connectivity index (χ4n) is 2.11. The number of hydrogen-bond acceptors (Lipinski definition) is 8. The molecule has 2 aromatic heterocycles. The molecule has 114 valence electrons. The van der Waals surface area contributed by atoms with Gasteiger partial charge >= 0.3 is 0 Å². The molecule has 3 heterocycles. The molecular formula is C15H12N6O2. The Morgan fingerprint density at radius 2 is 1.61 bits per heavy atom. The van der Waals surface area contributed by atoms with Crippen molar-refractivity contribution in [2.75, 3.05) is 17.4 Å². The number of nitrogens with zero attached hydrogens (tertiary/aromatic N) is 4. The topological polar surface area (TPSA) is 94.1 Å². The van der Waals surface area contributed by atoms with E-state index in [2.05, 4.69) is 30.6 Å². The molecule has 0 bridgehead atoms. The van der Waals surface area contributed by atoms with Crippen molar-refractivity contribution in [3.05, 3.63) is 49.2 Å². The molecule has 2 N–H and O–H groups in total. The van der Waals surface area contributed by atoms with Crippen LogP contribution in [0.4, 0.5) is 23.1 Å². The van der Waals surface area contributed by atoms with E-state index >= 15 is 0 Å². The van der Waals surface area contributed by atoms with Crippen molar-refractivity contribution in [2.45, 2.75) is 0 Å². The molecule has 4 rings (SSSR count). The molecule has 23 heavy (non-hydrogen) atoms. The molecule has 0 atom stereocenters. The standard InChI is InChI=1S/C15H12N6O2/c1-2-11-12(23-9-22-11)5-10(1)20-14-6-15(19-8-18-14)21-13-3-4-16-7-17-13/h1-8H,9H2,(H2,16,17,18,19,20,21). The molecule has 1 aliphatic rings. The minimum absolute atomic E-state index is 0.249. The van der Waals surface area contributed by atoms with E-state index in [1.165, 1.54) is 12.7 Å². The number of aromatic nitrogens is 4. The van der Waals surface area contributed by atoms with Crippen LogP contribution in [0.15, 0.2) is 49.2 Å². The lowest BCUT2D eigenvalue weighted by Gasteiger charge is -2.08. The first-order chi connectivity index (χ1) is 11.4. The molecule has 8 heteroatoms. The van der Waals surface area contributed by atoms with Gasteiger partial charge in [0.2, 0.25) is 6.79 Å². The van der Waals surface area contributed by atoms with Crippen LogP contribution in [0.25, 0.3) is 0 Å². The molecular weight excluding hydrogens is 296 g/mol. The van der Waals surface area contributed by atoms with E-state index in [4.69, 9.17) is 9.47 Å². The van der Waals surface area contributed by atoms with E-state index in [1.54, 1.807) is 18.3 Å². The Bertz CT molecular complexity index is 827. The van der Waals surface area contributed by atoms with Gasteiger partial charge in [0.15, 0.2) is 11.5 Å². The van der Waals surface area contributed by atoms with Crippen LogP contribution < -0.4 is 20.1 Å². The minimum Gasteiger partial charge on any atom is -0.454 e. The van der Waals surface area contributed by atoms with Crippen LogP contribution in [-0.4, -0.2) is 26.7 Å². The third kappa shape index (κ3) is 2.95. The first-order valence-corrected chi connectivity index (χ1v) is 6.88. The van der Waals surface area contributed by atoms with Gasteiger partial charge in [0.1, 0.15) is 30.1 Å². The van der Waals surface area contributed by atoms with Crippen molar-refractivity contribution in [1.29, 1.82) is 0 Å². The molecule has 0 amide bonds. The number of nitrogens with one attached hydrogen (secondary N) is 2. The summed E-state index contributed by atoms with van der Waals surface area (Å²) in [5.74, 6) is 3.39. The maximum Gasteiger partial charge on any atom is 0.231 e. The molecule has 1 aromatic carbocycles. The van der Waals surface area contributed by atoms with Crippen LogP contribution in [0, 0.1) is 0 Å². The molecule has 1 aliphatic heterocycles. The third-order valence-electron chi connectivity index (χ3n) is 3.15. The summed E-state index contributed by atoms with van der Waals surface area (Å²) in [5, 5.41) is 6.29. The number of benzene rings is 1. The summed E-state index contributed by atoms with van der Waals surface area (Å²) in [6, 6.07) is 9.15. The van der Waals surface area contributed by atoms with Crippen LogP contribution >= 0.6 is 0 Å². The molecule has 0 radical (unpaired) electrons. The predicted molar refractivity (Wildman–Crippen MR) is 83.2 cm³/mol. The Morgan fingerprint density at radius 1 is 0.783 bits per heavy atom. The van der Waals surface area contributed by atoms with Crippen molar-refractivity contribution in [2.24, 2.45) is 0 Å². The average Bonchev–Trinajstić information content (AvgIpc) is 3.04. The van der Waals surface area contributed by atoms with Gasteiger partial charge in [-0.25, -0.2) is 19.9 Å². The Hall–Kier alpha value is -3.42. The van der Waals surface area contributed by atoms with Crippen LogP contribution in [-0.2, 0) is 0 Å². The number of fused-ring (bicyclic) bond motifs is 1. The van der Waals surface area contributed by atoms with Gasteiger partial charge in [0.25, 0.3) is 0 Å². The molecule has 0 fully saturated rings. The maximum atomic E-state index is 5.36. The monoisotopic (exact) mass is 308 g/mol. The van der Waals surface area contributed by atoms with Gasteiger partial charge in [-0.2, -0.15) is 0 Å². The summed E-state index contributed by atoms with van der Waals surface area (Å²) < 4.78 is 10.6. The van der Waals surface area contributed by atoms with E-state index in [0.29, 0.717) is 23.2 Å². The number of ether oxygens (including phenoxy) is 2. The van der Waals surface area contributed by atoms with Gasteiger partial charge in [-0.3, -0.25) is 0 Å². The van der Waals surface area contributed by atoms with Gasteiger partial charge in [-0.1, -0.05) is 0 Å². The van der Waals surface area contributed by atoms with Crippen LogP contribution in [0.3, 0.4) is 0 Å². The van der Waals surface area contributed by atoms with Crippen LogP contribution in [0.2, 0.25) is 0 Å². The largest absolute Gasteiger partial charge is 0.454 e. The van der Waals surface area contributed by atoms with Crippen LogP contribution in [0.5, 0.6) is 11.5 Å². The zero-order chi connectivity index (χ0) is 15.5. The zero-order valence-corrected chi connectivity index (χ0v) is 11.9. The summed E-state index contributed by atoms with van der Waals surface area (Å²) in [6.07, 6.45) is 4.59. The second kappa shape index (κ2) is 5.76. The summed E-state index contributed by atoms with van der Waals surface area (Å²) in [6.45, 7) is 0.249. The molecule has 3 aromatic rings. The smallest absolute Gasteiger partial charge is 0.231 e. The van der Waals surface area contributed by atoms with E-state index in [-0.39, 0.29) is 6.79 Å². The van der Waals surface area contributed by atoms with Crippen molar-refractivity contribution < 1.29 is 9.47 Å². The second-order valence-electron chi connectivity index (χ2n) is 4.70. The summed E-state index contributed by atoms with van der Waals surface area (Å²) in [4.78, 5) is 16.3. The first-order valence-electron chi connectivity index (χ1n) is 6.88. The molecule has 8 nitrogen and oxygen atoms in total. The normalized spacial score (nSPS) is 12.0. The Kier molecular flexibility index (Phi) is 3.32. The zero-order valence-electron chi connectivity index (χ0n) is 11.9. The van der Waals surface area contributed by atoms with E-state index in [9.17, 15) is 0 Å². The highest BCUT2D eigenvalue weighted by Gasteiger charge is 2.13. The highest BCUT2D eigenvalue weighted by Crippen LogP contribution is 2.35. The highest BCUT2D eigenvalue weighted by molar-refractivity contribution is 5.64. The summed E-state index contributed by atoms with van der Waals surface area (Å²) in [7, 11) is 0. The van der Waals surface area contributed by atoms with Gasteiger partial charge < -0.3 is 20.1 Å². The molecule has 0 aliphatic carbocycles. The fourth-order valence-corrected chi connectivity index (χ4v) is 2.11. The Balaban J connectivity index is 1.52. The second-order valence-corrected chi connectivity index (χ2v) is 4.70. The molecule has 0 spiro atoms. The summed E-state index contributed by atoms with van der Waals surface area (Å²) >= 11 is 0. The number of hydrogen-bond donors (Lipinski definition) is 2. The lowest BCUT2D eigenvalue weighted by molar-refractivity contribution is 0.174. The van der Waals surface area contributed by atoms with E-state index in [0.717, 1.165) is 11.4 Å². The van der Waals surface area contributed by atoms with Crippen molar-refractivity contribution in [3.63, 3.8) is 0 Å². The van der Waals surface area contributed by atoms with Crippen molar-refractivity contribution in [1.82, 2.24) is 19.9 Å². The molecule has 0 saturated heterocycles. The van der Waals surface area contributed by atoms with Gasteiger partial charge in [0.05, 0.1) is 0 Å². The SMILES string of the molecule is c1cc(Nc2cc(Nc3ccc4c(c3)OCO4)ncn2)ncn1. The van der Waals surface area contributed by atoms with Crippen molar-refractivity contribution >= 4 is 23.1 Å². The average molecular weight is 308 g/mol. The molecule has 0 saturated carbocycles. The van der Waals surface area contributed by atoms with E-state index < -0.39 is 0 Å². The lowest BCUT2D eigenvalue weighted by atomic mass is 10.3. The summed E-state index contributed by atoms with van der Waals surface area (Å²) in [5.41, 5.74) is 0.848. The van der Waals surface area contributed by atoms with Gasteiger partial charge in [0, 0.05) is 24.0 Å². The first kappa shape index (κ1) is 13.3. The van der Waals surface area contributed by atoms with E-state index in [1.807, 2.05) is 18.2 Å². The number of rotatable bonds is 4. The maximum absolute atomic E-state index is 5.36. The quantitative estimate of drug-likeness (QED) is 0.759. The van der Waals surface area contributed by atoms with Gasteiger partial charge in [-0.15, -0.1) is 0 Å². The Morgan fingerprint density at radius 3 is 2.48 bits per heavy atom. The number of anilines is 4. The van der Waals surface area contributed by atoms with Crippen LogP contribution in [0.1, 0.15) is 0 Å². The predicted octanol–water partition coefficient (Wildman–Crippen LogP) is 2.48. The minimum atomic E-state index is 0.249. The third-order valence-corrected chi connectivity index (χ3v) is 3.15.